The second-order valence-corrected chi connectivity index (χ2v) is 8.30. The summed E-state index contributed by atoms with van der Waals surface area (Å²) >= 11 is 0. The Morgan fingerprint density at radius 2 is 2.13 bits per heavy atom. The Hall–Kier alpha value is -3.22. The standard InChI is InChI=1S/C22H24FN7O/c23-16-5-13(9-24)6-17(7-16)28-21-8-20(26-10-15-3-4-25-12-19(15)31)29-22-18(14-1-2-14)11-27-30(21)22/h5-8,11,14-15,19,25,28,31H,1-4,10,12H2,(H,26,29). The van der Waals surface area contributed by atoms with Gasteiger partial charge < -0.3 is 21.1 Å². The van der Waals surface area contributed by atoms with Gasteiger partial charge in [-0.25, -0.2) is 9.37 Å². The van der Waals surface area contributed by atoms with Crippen molar-refractivity contribution in [2.45, 2.75) is 31.3 Å². The van der Waals surface area contributed by atoms with Crippen LogP contribution in [0.1, 0.15) is 36.3 Å². The van der Waals surface area contributed by atoms with Gasteiger partial charge in [0.2, 0.25) is 0 Å². The lowest BCUT2D eigenvalue weighted by atomic mass is 9.95. The Balaban J connectivity index is 1.47. The van der Waals surface area contributed by atoms with E-state index in [1.165, 1.54) is 12.1 Å². The van der Waals surface area contributed by atoms with E-state index in [4.69, 9.17) is 10.2 Å². The summed E-state index contributed by atoms with van der Waals surface area (Å²) in [7, 11) is 0. The van der Waals surface area contributed by atoms with Gasteiger partial charge in [-0.3, -0.25) is 0 Å². The van der Waals surface area contributed by atoms with Crippen LogP contribution in [0.4, 0.5) is 21.7 Å². The molecule has 0 radical (unpaired) electrons. The molecule has 8 nitrogen and oxygen atoms in total. The summed E-state index contributed by atoms with van der Waals surface area (Å²) in [4.78, 5) is 4.79. The maximum atomic E-state index is 13.9. The van der Waals surface area contributed by atoms with Crippen LogP contribution >= 0.6 is 0 Å². The quantitative estimate of drug-likeness (QED) is 0.484. The summed E-state index contributed by atoms with van der Waals surface area (Å²) < 4.78 is 15.6. The van der Waals surface area contributed by atoms with Gasteiger partial charge in [0.05, 0.1) is 23.9 Å². The van der Waals surface area contributed by atoms with E-state index >= 15 is 0 Å². The molecule has 0 amide bonds. The second kappa shape index (κ2) is 8.13. The highest BCUT2D eigenvalue weighted by Crippen LogP contribution is 2.42. The zero-order chi connectivity index (χ0) is 21.4. The number of aliphatic hydroxyl groups excluding tert-OH is 1. The number of hydrogen-bond donors (Lipinski definition) is 4. The fourth-order valence-corrected chi connectivity index (χ4v) is 4.09. The molecule has 2 atom stereocenters. The van der Waals surface area contributed by atoms with Gasteiger partial charge in [-0.05, 0) is 49.9 Å². The number of nitrogens with one attached hydrogen (secondary N) is 3. The van der Waals surface area contributed by atoms with Gasteiger partial charge in [0.25, 0.3) is 0 Å². The summed E-state index contributed by atoms with van der Waals surface area (Å²) in [5.74, 6) is 1.42. The largest absolute Gasteiger partial charge is 0.391 e. The summed E-state index contributed by atoms with van der Waals surface area (Å²) in [6.07, 6.45) is 4.59. The van der Waals surface area contributed by atoms with E-state index in [9.17, 15) is 9.50 Å². The molecule has 2 fully saturated rings. The third-order valence-electron chi connectivity index (χ3n) is 5.95. The zero-order valence-corrected chi connectivity index (χ0v) is 17.0. The highest BCUT2D eigenvalue weighted by molar-refractivity contribution is 5.67. The van der Waals surface area contributed by atoms with Gasteiger partial charge in [0.1, 0.15) is 17.5 Å². The fourth-order valence-electron chi connectivity index (χ4n) is 4.09. The molecular weight excluding hydrogens is 397 g/mol. The Morgan fingerprint density at radius 1 is 1.26 bits per heavy atom. The molecule has 2 unspecified atom stereocenters. The van der Waals surface area contributed by atoms with Crippen LogP contribution in [0.25, 0.3) is 5.65 Å². The Kier molecular flexibility index (Phi) is 5.18. The smallest absolute Gasteiger partial charge is 0.163 e. The number of piperidine rings is 1. The monoisotopic (exact) mass is 421 g/mol. The first kappa shape index (κ1) is 19.7. The third kappa shape index (κ3) is 4.17. The van der Waals surface area contributed by atoms with E-state index in [0.29, 0.717) is 36.3 Å². The maximum absolute atomic E-state index is 13.9. The van der Waals surface area contributed by atoms with Crippen LogP contribution in [0.3, 0.4) is 0 Å². The highest BCUT2D eigenvalue weighted by atomic mass is 19.1. The van der Waals surface area contributed by atoms with Crippen molar-refractivity contribution < 1.29 is 9.50 Å². The molecule has 4 N–H and O–H groups in total. The molecular formula is C22H24FN7O. The minimum absolute atomic E-state index is 0.143. The number of nitriles is 1. The molecule has 31 heavy (non-hydrogen) atoms. The number of aromatic nitrogens is 3. The minimum atomic E-state index is -0.482. The number of β-amino-alcohol motifs (C(OH)–C–C–N with tert-alkyl or cyclic N) is 1. The van der Waals surface area contributed by atoms with Gasteiger partial charge in [-0.15, -0.1) is 0 Å². The Morgan fingerprint density at radius 3 is 2.90 bits per heavy atom. The summed E-state index contributed by atoms with van der Waals surface area (Å²) in [6, 6.07) is 7.93. The number of hydrogen-bond acceptors (Lipinski definition) is 7. The van der Waals surface area contributed by atoms with Gasteiger partial charge in [-0.1, -0.05) is 0 Å². The molecule has 3 aromatic rings. The van der Waals surface area contributed by atoms with E-state index in [0.717, 1.165) is 37.0 Å². The van der Waals surface area contributed by atoms with Crippen molar-refractivity contribution in [3.05, 3.63) is 47.4 Å². The lowest BCUT2D eigenvalue weighted by Gasteiger charge is -2.28. The van der Waals surface area contributed by atoms with Crippen molar-refractivity contribution in [2.24, 2.45) is 5.92 Å². The molecule has 2 aliphatic rings. The molecule has 1 saturated heterocycles. The molecule has 1 aromatic carbocycles. The second-order valence-electron chi connectivity index (χ2n) is 8.30. The van der Waals surface area contributed by atoms with Crippen molar-refractivity contribution in [3.8, 4) is 6.07 Å². The number of benzene rings is 1. The SMILES string of the molecule is N#Cc1cc(F)cc(Nc2cc(NCC3CCNCC3O)nc3c(C4CC4)cnn23)c1. The van der Waals surface area contributed by atoms with Crippen LogP contribution in [0.5, 0.6) is 0 Å². The van der Waals surface area contributed by atoms with Crippen LogP contribution in [0.15, 0.2) is 30.5 Å². The van der Waals surface area contributed by atoms with Gasteiger partial charge in [0.15, 0.2) is 5.65 Å². The predicted octanol–water partition coefficient (Wildman–Crippen LogP) is 2.74. The first-order valence-electron chi connectivity index (χ1n) is 10.6. The Labute approximate surface area is 179 Å². The highest BCUT2D eigenvalue weighted by Gasteiger charge is 2.28. The van der Waals surface area contributed by atoms with Crippen molar-refractivity contribution in [1.82, 2.24) is 19.9 Å². The summed E-state index contributed by atoms with van der Waals surface area (Å²) in [5.41, 5.74) is 2.57. The van der Waals surface area contributed by atoms with E-state index in [2.05, 4.69) is 21.0 Å². The van der Waals surface area contributed by atoms with Gasteiger partial charge in [0, 0.05) is 36.3 Å². The van der Waals surface area contributed by atoms with E-state index in [1.807, 2.05) is 18.3 Å². The molecule has 9 heteroatoms. The normalized spacial score (nSPS) is 21.1. The first-order valence-corrected chi connectivity index (χ1v) is 10.6. The van der Waals surface area contributed by atoms with Crippen molar-refractivity contribution >= 4 is 23.0 Å². The molecule has 0 spiro atoms. The van der Waals surface area contributed by atoms with E-state index in [1.54, 1.807) is 10.6 Å². The van der Waals surface area contributed by atoms with Gasteiger partial charge in [-0.2, -0.15) is 14.9 Å². The molecule has 1 saturated carbocycles. The average Bonchev–Trinajstić information content (AvgIpc) is 3.51. The fraction of sp³-hybridized carbons (Fsp3) is 0.409. The summed E-state index contributed by atoms with van der Waals surface area (Å²) in [5, 5.41) is 33.6. The first-order chi connectivity index (χ1) is 15.1. The maximum Gasteiger partial charge on any atom is 0.163 e. The minimum Gasteiger partial charge on any atom is -0.391 e. The van der Waals surface area contributed by atoms with Crippen LogP contribution in [0, 0.1) is 23.1 Å². The lowest BCUT2D eigenvalue weighted by Crippen LogP contribution is -2.43. The predicted molar refractivity (Wildman–Crippen MR) is 115 cm³/mol. The molecule has 0 bridgehead atoms. The van der Waals surface area contributed by atoms with Gasteiger partial charge >= 0.3 is 0 Å². The molecule has 160 valence electrons. The number of rotatable bonds is 6. The van der Waals surface area contributed by atoms with Crippen LogP contribution in [0.2, 0.25) is 0 Å². The van der Waals surface area contributed by atoms with Crippen molar-refractivity contribution in [1.29, 1.82) is 5.26 Å². The lowest BCUT2D eigenvalue weighted by molar-refractivity contribution is 0.0883. The summed E-state index contributed by atoms with van der Waals surface area (Å²) in [6.45, 7) is 2.09. The molecule has 1 aliphatic heterocycles. The topological polar surface area (TPSA) is 110 Å². The number of nitrogens with zero attached hydrogens (tertiary/aromatic N) is 4. The number of aliphatic hydroxyl groups is 1. The number of fused-ring (bicyclic) bond motifs is 1. The molecule has 5 rings (SSSR count). The van der Waals surface area contributed by atoms with Crippen molar-refractivity contribution in [3.63, 3.8) is 0 Å². The number of anilines is 3. The molecule has 1 aliphatic carbocycles. The average molecular weight is 421 g/mol. The molecule has 2 aromatic heterocycles. The van der Waals surface area contributed by atoms with E-state index in [-0.39, 0.29) is 11.5 Å². The van der Waals surface area contributed by atoms with Crippen LogP contribution < -0.4 is 16.0 Å². The third-order valence-corrected chi connectivity index (χ3v) is 5.95. The van der Waals surface area contributed by atoms with Crippen LogP contribution in [-0.2, 0) is 0 Å². The Bertz CT molecular complexity index is 1150. The van der Waals surface area contributed by atoms with Crippen LogP contribution in [-0.4, -0.2) is 45.4 Å². The van der Waals surface area contributed by atoms with E-state index < -0.39 is 11.9 Å². The molecule has 3 heterocycles. The number of halogens is 1. The zero-order valence-electron chi connectivity index (χ0n) is 17.0. The van der Waals surface area contributed by atoms with Crippen molar-refractivity contribution in [2.75, 3.05) is 30.3 Å².